The molecule has 21 heavy (non-hydrogen) atoms. The van der Waals surface area contributed by atoms with Gasteiger partial charge in [-0.1, -0.05) is 12.2 Å². The fourth-order valence-corrected chi connectivity index (χ4v) is 3.58. The number of aryl methyl sites for hydroxylation is 2. The molecule has 0 amide bonds. The van der Waals surface area contributed by atoms with Gasteiger partial charge in [0, 0.05) is 10.4 Å². The molecule has 0 fully saturated rings. The van der Waals surface area contributed by atoms with Crippen LogP contribution in [0.1, 0.15) is 29.0 Å². The maximum Gasteiger partial charge on any atom is 0.187 e. The Balaban J connectivity index is 1.90. The maximum absolute atomic E-state index is 14.0. The number of rotatable bonds is 3. The normalized spacial score (nSPS) is 13.8. The molecule has 110 valence electrons. The van der Waals surface area contributed by atoms with Crippen molar-refractivity contribution in [1.82, 2.24) is 4.98 Å². The van der Waals surface area contributed by atoms with Gasteiger partial charge in [-0.2, -0.15) is 0 Å². The van der Waals surface area contributed by atoms with Crippen molar-refractivity contribution in [2.24, 2.45) is 5.73 Å². The zero-order chi connectivity index (χ0) is 15.0. The molecule has 1 aromatic carbocycles. The Morgan fingerprint density at radius 2 is 2.00 bits per heavy atom. The molecule has 0 aliphatic heterocycles. The van der Waals surface area contributed by atoms with Crippen LogP contribution in [0.3, 0.4) is 0 Å². The van der Waals surface area contributed by atoms with Crippen molar-refractivity contribution in [3.63, 3.8) is 0 Å². The third-order valence-corrected chi connectivity index (χ3v) is 4.73. The molecule has 0 atom stereocenters. The first kappa shape index (κ1) is 14.3. The molecule has 0 saturated heterocycles. The highest BCUT2D eigenvalue weighted by Gasteiger charge is 2.18. The van der Waals surface area contributed by atoms with E-state index in [1.54, 1.807) is 0 Å². The van der Waals surface area contributed by atoms with Crippen LogP contribution in [0.4, 0.5) is 19.6 Å². The third kappa shape index (κ3) is 2.75. The van der Waals surface area contributed by atoms with Crippen molar-refractivity contribution in [3.05, 3.63) is 39.9 Å². The Labute approximate surface area is 130 Å². The summed E-state index contributed by atoms with van der Waals surface area (Å²) >= 11 is 6.17. The molecule has 0 unspecified atom stereocenters. The van der Waals surface area contributed by atoms with Crippen LogP contribution < -0.4 is 11.1 Å². The molecule has 3 rings (SSSR count). The zero-order valence-corrected chi connectivity index (χ0v) is 12.7. The van der Waals surface area contributed by atoms with Crippen molar-refractivity contribution < 1.29 is 8.78 Å². The van der Waals surface area contributed by atoms with Gasteiger partial charge >= 0.3 is 0 Å². The number of nitrogens with one attached hydrogen (secondary N) is 1. The van der Waals surface area contributed by atoms with Gasteiger partial charge in [0.1, 0.15) is 4.99 Å². The minimum Gasteiger partial charge on any atom is -0.389 e. The van der Waals surface area contributed by atoms with Gasteiger partial charge in [0.2, 0.25) is 0 Å². The van der Waals surface area contributed by atoms with Crippen LogP contribution in [0.15, 0.2) is 12.1 Å². The van der Waals surface area contributed by atoms with Gasteiger partial charge in [0.25, 0.3) is 0 Å². The first-order valence-corrected chi connectivity index (χ1v) is 7.82. The number of anilines is 2. The molecule has 7 heteroatoms. The van der Waals surface area contributed by atoms with Crippen LogP contribution in [0.2, 0.25) is 0 Å². The van der Waals surface area contributed by atoms with Crippen molar-refractivity contribution in [3.8, 4) is 0 Å². The standard InChI is InChI=1S/C14H13F2N3S2/c15-11-7(13(17)20)5-6-9(12(11)16)19-14-18-8-3-1-2-4-10(8)21-14/h5-6H,1-4H2,(H2,17,20)(H,18,19). The highest BCUT2D eigenvalue weighted by Crippen LogP contribution is 2.32. The van der Waals surface area contributed by atoms with Crippen LogP contribution in [0, 0.1) is 11.6 Å². The lowest BCUT2D eigenvalue weighted by atomic mass is 10.0. The van der Waals surface area contributed by atoms with Crippen molar-refractivity contribution in [2.45, 2.75) is 25.7 Å². The average Bonchev–Trinajstić information content (AvgIpc) is 2.86. The summed E-state index contributed by atoms with van der Waals surface area (Å²) in [7, 11) is 0. The van der Waals surface area contributed by atoms with E-state index in [1.165, 1.54) is 28.3 Å². The quantitative estimate of drug-likeness (QED) is 0.845. The summed E-state index contributed by atoms with van der Waals surface area (Å²) in [6, 6.07) is 2.80. The summed E-state index contributed by atoms with van der Waals surface area (Å²) in [5.74, 6) is -2.03. The second-order valence-corrected chi connectivity index (χ2v) is 6.40. The zero-order valence-electron chi connectivity index (χ0n) is 11.1. The Morgan fingerprint density at radius 1 is 1.24 bits per heavy atom. The molecule has 3 N–H and O–H groups in total. The smallest absolute Gasteiger partial charge is 0.187 e. The van der Waals surface area contributed by atoms with E-state index in [0.717, 1.165) is 31.4 Å². The molecule has 1 aromatic heterocycles. The first-order valence-electron chi connectivity index (χ1n) is 6.59. The molecular weight excluding hydrogens is 312 g/mol. The largest absolute Gasteiger partial charge is 0.389 e. The van der Waals surface area contributed by atoms with Crippen molar-refractivity contribution in [2.75, 3.05) is 5.32 Å². The molecule has 0 saturated carbocycles. The lowest BCUT2D eigenvalue weighted by Crippen LogP contribution is -2.13. The van der Waals surface area contributed by atoms with E-state index >= 15 is 0 Å². The van der Waals surface area contributed by atoms with Crippen LogP contribution >= 0.6 is 23.6 Å². The number of hydrogen-bond acceptors (Lipinski definition) is 4. The molecular formula is C14H13F2N3S2. The van der Waals surface area contributed by atoms with Crippen molar-refractivity contribution in [1.29, 1.82) is 0 Å². The maximum atomic E-state index is 14.0. The van der Waals surface area contributed by atoms with Gasteiger partial charge in [-0.3, -0.25) is 0 Å². The second-order valence-electron chi connectivity index (χ2n) is 4.87. The predicted octanol–water partition coefficient (Wildman–Crippen LogP) is 3.68. The number of nitrogens with zero attached hydrogens (tertiary/aromatic N) is 1. The first-order chi connectivity index (χ1) is 10.1. The van der Waals surface area contributed by atoms with Gasteiger partial charge in [0.05, 0.1) is 11.4 Å². The van der Waals surface area contributed by atoms with E-state index in [1.807, 2.05) is 0 Å². The summed E-state index contributed by atoms with van der Waals surface area (Å²) in [6.07, 6.45) is 4.23. The minimum atomic E-state index is -1.03. The number of thiazole rings is 1. The minimum absolute atomic E-state index is 0.0404. The van der Waals surface area contributed by atoms with Crippen molar-refractivity contribution >= 4 is 39.4 Å². The van der Waals surface area contributed by atoms with Crippen LogP contribution in [-0.2, 0) is 12.8 Å². The van der Waals surface area contributed by atoms with E-state index in [4.69, 9.17) is 5.73 Å². The molecule has 0 radical (unpaired) electrons. The topological polar surface area (TPSA) is 50.9 Å². The molecule has 2 aromatic rings. The van der Waals surface area contributed by atoms with E-state index < -0.39 is 11.6 Å². The highest BCUT2D eigenvalue weighted by molar-refractivity contribution is 7.80. The Hall–Kier alpha value is -1.60. The summed E-state index contributed by atoms with van der Waals surface area (Å²) in [6.45, 7) is 0. The lowest BCUT2D eigenvalue weighted by molar-refractivity contribution is 0.510. The summed E-state index contributed by atoms with van der Waals surface area (Å²) in [5.41, 5.74) is 6.36. The molecule has 1 heterocycles. The van der Waals surface area contributed by atoms with Crippen LogP contribution in [0.25, 0.3) is 0 Å². The van der Waals surface area contributed by atoms with E-state index in [-0.39, 0.29) is 16.2 Å². The van der Waals surface area contributed by atoms with E-state index in [9.17, 15) is 8.78 Å². The van der Waals surface area contributed by atoms with Gasteiger partial charge in [0.15, 0.2) is 16.8 Å². The monoisotopic (exact) mass is 325 g/mol. The lowest BCUT2D eigenvalue weighted by Gasteiger charge is -2.08. The van der Waals surface area contributed by atoms with E-state index in [0.29, 0.717) is 5.13 Å². The average molecular weight is 325 g/mol. The number of nitrogens with two attached hydrogens (primary N) is 1. The number of halogens is 2. The number of hydrogen-bond donors (Lipinski definition) is 2. The Kier molecular flexibility index (Phi) is 3.86. The molecule has 0 bridgehead atoms. The molecule has 1 aliphatic rings. The number of aromatic nitrogens is 1. The SMILES string of the molecule is NC(=S)c1ccc(Nc2nc3c(s2)CCCC3)c(F)c1F. The number of benzene rings is 1. The number of fused-ring (bicyclic) bond motifs is 1. The summed E-state index contributed by atoms with van der Waals surface area (Å²) in [4.78, 5) is 5.50. The number of thiocarbonyl (C=S) groups is 1. The molecule has 1 aliphatic carbocycles. The summed E-state index contributed by atoms with van der Waals surface area (Å²) < 4.78 is 27.9. The van der Waals surface area contributed by atoms with Gasteiger partial charge < -0.3 is 11.1 Å². The van der Waals surface area contributed by atoms with Gasteiger partial charge in [-0.05, 0) is 37.8 Å². The highest BCUT2D eigenvalue weighted by atomic mass is 32.1. The fourth-order valence-electron chi connectivity index (χ4n) is 2.36. The molecule has 3 nitrogen and oxygen atoms in total. The predicted molar refractivity (Wildman–Crippen MR) is 84.3 cm³/mol. The second kappa shape index (κ2) is 5.65. The Bertz CT molecular complexity index is 689. The molecule has 0 spiro atoms. The third-order valence-electron chi connectivity index (χ3n) is 3.44. The van der Waals surface area contributed by atoms with Gasteiger partial charge in [-0.15, -0.1) is 11.3 Å². The van der Waals surface area contributed by atoms with Crippen LogP contribution in [-0.4, -0.2) is 9.97 Å². The summed E-state index contributed by atoms with van der Waals surface area (Å²) in [5, 5.41) is 3.43. The fraction of sp³-hybridized carbons (Fsp3) is 0.286. The van der Waals surface area contributed by atoms with Crippen LogP contribution in [0.5, 0.6) is 0 Å². The van der Waals surface area contributed by atoms with Gasteiger partial charge in [-0.25, -0.2) is 13.8 Å². The van der Waals surface area contributed by atoms with E-state index in [2.05, 4.69) is 22.5 Å². The Morgan fingerprint density at radius 3 is 2.71 bits per heavy atom.